The molecule has 4 aromatic rings. The number of carbonyl (C=O) groups excluding carboxylic acids is 2. The fourth-order valence-electron chi connectivity index (χ4n) is 3.47. The molecule has 0 radical (unpaired) electrons. The Labute approximate surface area is 206 Å². The van der Waals surface area contributed by atoms with Gasteiger partial charge in [0, 0.05) is 28.7 Å². The normalized spacial score (nSPS) is 13.4. The summed E-state index contributed by atoms with van der Waals surface area (Å²) in [5.41, 5.74) is 2.93. The van der Waals surface area contributed by atoms with Gasteiger partial charge in [-0.2, -0.15) is 8.78 Å². The number of alkyl halides is 2. The van der Waals surface area contributed by atoms with Crippen molar-refractivity contribution in [1.82, 2.24) is 10.5 Å². The number of benzene rings is 2. The van der Waals surface area contributed by atoms with Crippen molar-refractivity contribution in [3.63, 3.8) is 0 Å². The molecule has 0 bridgehead atoms. The molecule has 12 heteroatoms. The van der Waals surface area contributed by atoms with Crippen molar-refractivity contribution in [3.8, 4) is 5.75 Å². The lowest BCUT2D eigenvalue weighted by atomic mass is 10.0. The number of hydroxylamine groups is 1. The zero-order valence-electron chi connectivity index (χ0n) is 17.6. The molecule has 1 aliphatic carbocycles. The summed E-state index contributed by atoms with van der Waals surface area (Å²) in [5.74, 6) is -1.43. The number of ether oxygens (including phenoxy) is 1. The van der Waals surface area contributed by atoms with Crippen LogP contribution in [0, 0.1) is 0 Å². The number of nitrogens with zero attached hydrogens (tertiary/aromatic N) is 1. The van der Waals surface area contributed by atoms with Gasteiger partial charge in [0.2, 0.25) is 0 Å². The second kappa shape index (κ2) is 9.29. The number of halogens is 4. The molecule has 2 amide bonds. The van der Waals surface area contributed by atoms with Gasteiger partial charge < -0.3 is 14.5 Å². The highest BCUT2D eigenvalue weighted by Gasteiger charge is 2.25. The van der Waals surface area contributed by atoms with Gasteiger partial charge in [0.15, 0.2) is 11.3 Å². The minimum atomic E-state index is -3.12. The van der Waals surface area contributed by atoms with Crippen LogP contribution in [0.1, 0.15) is 33.6 Å². The molecule has 2 aromatic heterocycles. The van der Waals surface area contributed by atoms with E-state index in [0.29, 0.717) is 5.39 Å². The summed E-state index contributed by atoms with van der Waals surface area (Å²) in [6.07, 6.45) is 4.33. The molecule has 1 saturated carbocycles. The molecule has 2 aromatic carbocycles. The van der Waals surface area contributed by atoms with E-state index in [0.717, 1.165) is 12.8 Å². The van der Waals surface area contributed by atoms with Crippen LogP contribution in [-0.4, -0.2) is 29.5 Å². The van der Waals surface area contributed by atoms with Crippen molar-refractivity contribution in [2.24, 2.45) is 0 Å². The van der Waals surface area contributed by atoms with Crippen LogP contribution < -0.4 is 15.5 Å². The molecule has 0 unspecified atom stereocenters. The van der Waals surface area contributed by atoms with Gasteiger partial charge >= 0.3 is 6.61 Å². The maximum atomic E-state index is 13.2. The molecular formula is C23H15Cl2F2N3O5. The summed E-state index contributed by atoms with van der Waals surface area (Å²) < 4.78 is 36.4. The third kappa shape index (κ3) is 4.72. The van der Waals surface area contributed by atoms with Crippen molar-refractivity contribution in [1.29, 1.82) is 0 Å². The SMILES string of the molecule is O=C(NOC1CC1)c1ccc2oc3c(OC(F)F)ccc(C(=O)Nc4c(Cl)cncc4Cl)c3c2c1. The molecule has 1 aliphatic rings. The first-order chi connectivity index (χ1) is 16.8. The molecule has 1 fully saturated rings. The van der Waals surface area contributed by atoms with Crippen molar-refractivity contribution in [2.75, 3.05) is 5.32 Å². The number of nitrogens with one attached hydrogen (secondary N) is 2. The van der Waals surface area contributed by atoms with Gasteiger partial charge in [-0.25, -0.2) is 5.48 Å². The Hall–Kier alpha value is -3.47. The Bertz CT molecular complexity index is 1450. The second-order valence-corrected chi connectivity index (χ2v) is 8.50. The summed E-state index contributed by atoms with van der Waals surface area (Å²) in [7, 11) is 0. The van der Waals surface area contributed by atoms with E-state index in [9.17, 15) is 18.4 Å². The number of amides is 2. The maximum absolute atomic E-state index is 13.2. The summed E-state index contributed by atoms with van der Waals surface area (Å²) in [6.45, 7) is -3.12. The van der Waals surface area contributed by atoms with Crippen molar-refractivity contribution >= 4 is 62.6 Å². The number of furan rings is 1. The number of carbonyl (C=O) groups is 2. The first-order valence-corrected chi connectivity index (χ1v) is 11.1. The summed E-state index contributed by atoms with van der Waals surface area (Å²) in [4.78, 5) is 34.8. The van der Waals surface area contributed by atoms with E-state index in [-0.39, 0.29) is 55.3 Å². The second-order valence-electron chi connectivity index (χ2n) is 7.69. The molecule has 2 heterocycles. The standard InChI is InChI=1S/C23H15Cl2F2N3O5/c24-14-8-28-9-15(25)19(14)29-22(32)12-4-6-17(34-23(26)27)20-18(12)13-7-10(1-5-16(13)33-20)21(31)30-35-11-2-3-11/h1,4-9,11,23H,2-3H2,(H,30,31)(H,28,29,32). The maximum Gasteiger partial charge on any atom is 0.387 e. The lowest BCUT2D eigenvalue weighted by molar-refractivity contribution is -0.0493. The van der Waals surface area contributed by atoms with Crippen LogP contribution in [0.4, 0.5) is 14.5 Å². The van der Waals surface area contributed by atoms with Crippen LogP contribution >= 0.6 is 23.2 Å². The molecular weight excluding hydrogens is 507 g/mol. The van der Waals surface area contributed by atoms with E-state index in [2.05, 4.69) is 20.5 Å². The molecule has 0 aliphatic heterocycles. The monoisotopic (exact) mass is 521 g/mol. The summed E-state index contributed by atoms with van der Waals surface area (Å²) in [5, 5.41) is 3.30. The van der Waals surface area contributed by atoms with Crippen LogP contribution in [0.25, 0.3) is 21.9 Å². The van der Waals surface area contributed by atoms with E-state index < -0.39 is 18.4 Å². The number of anilines is 1. The van der Waals surface area contributed by atoms with E-state index in [1.54, 1.807) is 0 Å². The predicted molar refractivity (Wildman–Crippen MR) is 124 cm³/mol. The minimum absolute atomic E-state index is 0.00590. The molecule has 8 nitrogen and oxygen atoms in total. The van der Waals surface area contributed by atoms with E-state index in [4.69, 9.17) is 32.5 Å². The zero-order chi connectivity index (χ0) is 24.7. The van der Waals surface area contributed by atoms with Gasteiger partial charge in [-0.3, -0.25) is 19.4 Å². The van der Waals surface area contributed by atoms with Crippen LogP contribution in [0.15, 0.2) is 47.1 Å². The molecule has 0 atom stereocenters. The largest absolute Gasteiger partial charge is 0.452 e. The fraction of sp³-hybridized carbons (Fsp3) is 0.174. The number of pyridine rings is 1. The minimum Gasteiger partial charge on any atom is -0.452 e. The van der Waals surface area contributed by atoms with Gasteiger partial charge in [0.1, 0.15) is 5.58 Å². The third-order valence-corrected chi connectivity index (χ3v) is 5.81. The Morgan fingerprint density at radius 1 is 1.09 bits per heavy atom. The molecule has 5 rings (SSSR count). The van der Waals surface area contributed by atoms with Gasteiger partial charge in [-0.05, 0) is 43.2 Å². The van der Waals surface area contributed by atoms with Crippen LogP contribution in [0.5, 0.6) is 5.75 Å². The zero-order valence-corrected chi connectivity index (χ0v) is 19.1. The van der Waals surface area contributed by atoms with Crippen LogP contribution in [0.2, 0.25) is 10.0 Å². The topological polar surface area (TPSA) is 103 Å². The summed E-state index contributed by atoms with van der Waals surface area (Å²) in [6, 6.07) is 6.95. The Balaban J connectivity index is 1.61. The fourth-order valence-corrected chi connectivity index (χ4v) is 3.93. The number of aromatic nitrogens is 1. The Morgan fingerprint density at radius 3 is 2.51 bits per heavy atom. The first-order valence-electron chi connectivity index (χ1n) is 10.3. The molecule has 0 spiro atoms. The van der Waals surface area contributed by atoms with Gasteiger partial charge in [-0.1, -0.05) is 23.2 Å². The highest BCUT2D eigenvalue weighted by atomic mass is 35.5. The molecule has 2 N–H and O–H groups in total. The van der Waals surface area contributed by atoms with E-state index in [1.807, 2.05) is 0 Å². The van der Waals surface area contributed by atoms with Crippen molar-refractivity contribution in [3.05, 3.63) is 63.9 Å². The Morgan fingerprint density at radius 2 is 1.83 bits per heavy atom. The molecule has 0 saturated heterocycles. The third-order valence-electron chi connectivity index (χ3n) is 5.24. The lowest BCUT2D eigenvalue weighted by Gasteiger charge is -2.11. The van der Waals surface area contributed by atoms with Crippen molar-refractivity contribution in [2.45, 2.75) is 25.6 Å². The number of hydrogen-bond acceptors (Lipinski definition) is 6. The molecule has 35 heavy (non-hydrogen) atoms. The average Bonchev–Trinajstić information content (AvgIpc) is 3.58. The van der Waals surface area contributed by atoms with Gasteiger partial charge in [0.05, 0.1) is 27.4 Å². The smallest absolute Gasteiger partial charge is 0.387 e. The average molecular weight is 522 g/mol. The lowest BCUT2D eigenvalue weighted by Crippen LogP contribution is -2.24. The number of hydrogen-bond donors (Lipinski definition) is 2. The number of fused-ring (bicyclic) bond motifs is 3. The quantitative estimate of drug-likeness (QED) is 0.290. The van der Waals surface area contributed by atoms with Crippen LogP contribution in [-0.2, 0) is 4.84 Å². The highest BCUT2D eigenvalue weighted by Crippen LogP contribution is 2.39. The van der Waals surface area contributed by atoms with Crippen LogP contribution in [0.3, 0.4) is 0 Å². The van der Waals surface area contributed by atoms with Gasteiger partial charge in [0.25, 0.3) is 11.8 Å². The predicted octanol–water partition coefficient (Wildman–Crippen LogP) is 5.97. The van der Waals surface area contributed by atoms with Gasteiger partial charge in [-0.15, -0.1) is 0 Å². The Kier molecular flexibility index (Phi) is 6.18. The highest BCUT2D eigenvalue weighted by molar-refractivity contribution is 6.40. The van der Waals surface area contributed by atoms with Crippen molar-refractivity contribution < 1.29 is 32.4 Å². The molecule has 180 valence electrons. The first kappa shape index (κ1) is 23.3. The number of rotatable bonds is 7. The van der Waals surface area contributed by atoms with E-state index >= 15 is 0 Å². The summed E-state index contributed by atoms with van der Waals surface area (Å²) >= 11 is 12.2. The van der Waals surface area contributed by atoms with E-state index in [1.165, 1.54) is 42.7 Å².